The highest BCUT2D eigenvalue weighted by molar-refractivity contribution is 7.12. The number of aryl methyl sites for hydroxylation is 2. The summed E-state index contributed by atoms with van der Waals surface area (Å²) >= 11 is 1.88. The summed E-state index contributed by atoms with van der Waals surface area (Å²) in [5.41, 5.74) is 9.10. The standard InChI is InChI=1S/C18H23NO2S/c1-4-12-6-8-17(22-12)18-13-10-16(21-3)15(20-2)9-11(13)5-7-14(18)19/h6,8-10,14,18H,4-5,7,19H2,1-3H3/t14-,18-/m0/s1. The molecule has 4 heteroatoms. The molecule has 1 aromatic carbocycles. The Labute approximate surface area is 136 Å². The van der Waals surface area contributed by atoms with Crippen LogP contribution in [0.1, 0.15) is 40.1 Å². The molecule has 0 radical (unpaired) electrons. The van der Waals surface area contributed by atoms with Crippen molar-refractivity contribution in [2.75, 3.05) is 14.2 Å². The molecule has 0 saturated carbocycles. The summed E-state index contributed by atoms with van der Waals surface area (Å²) in [5, 5.41) is 0. The molecule has 3 nitrogen and oxygen atoms in total. The van der Waals surface area contributed by atoms with Crippen molar-refractivity contribution in [1.29, 1.82) is 0 Å². The van der Waals surface area contributed by atoms with Gasteiger partial charge in [-0.05, 0) is 54.7 Å². The SMILES string of the molecule is CCc1ccc([C@H]2c3cc(OC)c(OC)cc3CC[C@@H]2N)s1. The van der Waals surface area contributed by atoms with Crippen LogP contribution in [0.2, 0.25) is 0 Å². The van der Waals surface area contributed by atoms with Crippen LogP contribution in [0.3, 0.4) is 0 Å². The van der Waals surface area contributed by atoms with Gasteiger partial charge >= 0.3 is 0 Å². The van der Waals surface area contributed by atoms with Crippen molar-refractivity contribution in [3.05, 3.63) is 45.1 Å². The third-order valence-electron chi connectivity index (χ3n) is 4.49. The molecule has 22 heavy (non-hydrogen) atoms. The van der Waals surface area contributed by atoms with Gasteiger partial charge in [-0.3, -0.25) is 0 Å². The molecule has 1 aliphatic rings. The molecule has 2 aromatic rings. The topological polar surface area (TPSA) is 44.5 Å². The molecule has 118 valence electrons. The summed E-state index contributed by atoms with van der Waals surface area (Å²) in [6.45, 7) is 2.19. The Morgan fingerprint density at radius 1 is 1.18 bits per heavy atom. The Morgan fingerprint density at radius 3 is 2.55 bits per heavy atom. The lowest BCUT2D eigenvalue weighted by Gasteiger charge is -2.31. The Kier molecular flexibility index (Phi) is 4.41. The van der Waals surface area contributed by atoms with E-state index >= 15 is 0 Å². The molecule has 2 N–H and O–H groups in total. The minimum absolute atomic E-state index is 0.161. The molecule has 0 fully saturated rings. The molecule has 0 aliphatic heterocycles. The van der Waals surface area contributed by atoms with Gasteiger partial charge in [0.15, 0.2) is 11.5 Å². The summed E-state index contributed by atoms with van der Waals surface area (Å²) in [6, 6.07) is 8.85. The third-order valence-corrected chi connectivity index (χ3v) is 5.81. The number of hydrogen-bond donors (Lipinski definition) is 1. The van der Waals surface area contributed by atoms with Gasteiger partial charge in [0, 0.05) is 21.7 Å². The average Bonchev–Trinajstić information content (AvgIpc) is 3.02. The first-order chi connectivity index (χ1) is 10.7. The van der Waals surface area contributed by atoms with E-state index in [-0.39, 0.29) is 12.0 Å². The van der Waals surface area contributed by atoms with Gasteiger partial charge in [0.2, 0.25) is 0 Å². The van der Waals surface area contributed by atoms with Crippen LogP contribution in [-0.2, 0) is 12.8 Å². The Hall–Kier alpha value is -1.52. The van der Waals surface area contributed by atoms with E-state index in [0.717, 1.165) is 30.8 Å². The Bertz CT molecular complexity index is 665. The number of ether oxygens (including phenoxy) is 2. The van der Waals surface area contributed by atoms with Crippen molar-refractivity contribution in [3.8, 4) is 11.5 Å². The van der Waals surface area contributed by atoms with Crippen LogP contribution in [0.15, 0.2) is 24.3 Å². The van der Waals surface area contributed by atoms with Crippen molar-refractivity contribution >= 4 is 11.3 Å². The Morgan fingerprint density at radius 2 is 1.91 bits per heavy atom. The molecule has 0 spiro atoms. The van der Waals surface area contributed by atoms with Gasteiger partial charge in [0.25, 0.3) is 0 Å². The Balaban J connectivity index is 2.09. The van der Waals surface area contributed by atoms with Crippen LogP contribution in [0.5, 0.6) is 11.5 Å². The van der Waals surface area contributed by atoms with Crippen LogP contribution in [0.25, 0.3) is 0 Å². The zero-order valence-corrected chi connectivity index (χ0v) is 14.2. The molecular formula is C18H23NO2S. The second-order valence-corrected chi connectivity index (χ2v) is 6.94. The lowest BCUT2D eigenvalue weighted by Crippen LogP contribution is -2.33. The van der Waals surface area contributed by atoms with Crippen LogP contribution in [0, 0.1) is 0 Å². The molecule has 1 heterocycles. The summed E-state index contributed by atoms with van der Waals surface area (Å²) in [6.07, 6.45) is 3.08. The smallest absolute Gasteiger partial charge is 0.161 e. The third kappa shape index (κ3) is 2.61. The molecule has 2 atom stereocenters. The van der Waals surface area contributed by atoms with E-state index < -0.39 is 0 Å². The number of nitrogens with two attached hydrogens (primary N) is 1. The van der Waals surface area contributed by atoms with Crippen LogP contribution >= 0.6 is 11.3 Å². The van der Waals surface area contributed by atoms with Crippen LogP contribution in [0.4, 0.5) is 0 Å². The van der Waals surface area contributed by atoms with E-state index in [1.165, 1.54) is 20.9 Å². The van der Waals surface area contributed by atoms with Crippen molar-refractivity contribution in [2.24, 2.45) is 5.73 Å². The fourth-order valence-electron chi connectivity index (χ4n) is 3.28. The molecule has 0 amide bonds. The number of thiophene rings is 1. The van der Waals surface area contributed by atoms with Gasteiger partial charge in [-0.2, -0.15) is 0 Å². The molecular weight excluding hydrogens is 294 g/mol. The monoisotopic (exact) mass is 317 g/mol. The van der Waals surface area contributed by atoms with Crippen LogP contribution < -0.4 is 15.2 Å². The van der Waals surface area contributed by atoms with Gasteiger partial charge < -0.3 is 15.2 Å². The minimum atomic E-state index is 0.161. The second kappa shape index (κ2) is 6.31. The van der Waals surface area contributed by atoms with Crippen molar-refractivity contribution in [3.63, 3.8) is 0 Å². The number of rotatable bonds is 4. The summed E-state index contributed by atoms with van der Waals surface area (Å²) < 4.78 is 10.9. The van der Waals surface area contributed by atoms with Gasteiger partial charge in [-0.15, -0.1) is 11.3 Å². The summed E-state index contributed by atoms with van der Waals surface area (Å²) in [7, 11) is 3.37. The van der Waals surface area contributed by atoms with Crippen LogP contribution in [-0.4, -0.2) is 20.3 Å². The molecule has 1 aromatic heterocycles. The summed E-state index contributed by atoms with van der Waals surface area (Å²) in [4.78, 5) is 2.77. The van der Waals surface area contributed by atoms with E-state index in [1.807, 2.05) is 11.3 Å². The van der Waals surface area contributed by atoms with Crippen molar-refractivity contribution < 1.29 is 9.47 Å². The maximum atomic E-state index is 6.47. The lowest BCUT2D eigenvalue weighted by molar-refractivity contribution is 0.352. The lowest BCUT2D eigenvalue weighted by atomic mass is 9.78. The van der Waals surface area contributed by atoms with E-state index in [1.54, 1.807) is 14.2 Å². The fraction of sp³-hybridized carbons (Fsp3) is 0.444. The number of fused-ring (bicyclic) bond motifs is 1. The predicted octanol–water partition coefficient (Wildman–Crippen LogP) is 3.73. The number of methoxy groups -OCH3 is 2. The number of benzene rings is 1. The highest BCUT2D eigenvalue weighted by atomic mass is 32.1. The van der Waals surface area contributed by atoms with E-state index in [0.29, 0.717) is 0 Å². The average molecular weight is 317 g/mol. The largest absolute Gasteiger partial charge is 0.493 e. The van der Waals surface area contributed by atoms with E-state index in [9.17, 15) is 0 Å². The number of hydrogen-bond acceptors (Lipinski definition) is 4. The maximum absolute atomic E-state index is 6.47. The quantitative estimate of drug-likeness (QED) is 0.934. The zero-order valence-electron chi connectivity index (χ0n) is 13.4. The predicted molar refractivity (Wildman–Crippen MR) is 91.4 cm³/mol. The highest BCUT2D eigenvalue weighted by Gasteiger charge is 2.31. The molecule has 0 saturated heterocycles. The van der Waals surface area contributed by atoms with Crippen molar-refractivity contribution in [1.82, 2.24) is 0 Å². The molecule has 0 unspecified atom stereocenters. The molecule has 1 aliphatic carbocycles. The van der Waals surface area contributed by atoms with Gasteiger partial charge in [0.1, 0.15) is 0 Å². The van der Waals surface area contributed by atoms with E-state index in [2.05, 4.69) is 31.2 Å². The first kappa shape index (κ1) is 15.4. The maximum Gasteiger partial charge on any atom is 0.161 e. The molecule has 3 rings (SSSR count). The van der Waals surface area contributed by atoms with Gasteiger partial charge in [-0.25, -0.2) is 0 Å². The highest BCUT2D eigenvalue weighted by Crippen LogP contribution is 2.43. The fourth-order valence-corrected chi connectivity index (χ4v) is 4.43. The first-order valence-corrected chi connectivity index (χ1v) is 8.58. The molecule has 0 bridgehead atoms. The summed E-state index contributed by atoms with van der Waals surface area (Å²) in [5.74, 6) is 1.84. The van der Waals surface area contributed by atoms with Crippen molar-refractivity contribution in [2.45, 2.75) is 38.1 Å². The van der Waals surface area contributed by atoms with Gasteiger partial charge in [0.05, 0.1) is 14.2 Å². The minimum Gasteiger partial charge on any atom is -0.493 e. The normalized spacial score (nSPS) is 20.5. The van der Waals surface area contributed by atoms with Gasteiger partial charge in [-0.1, -0.05) is 6.92 Å². The van der Waals surface area contributed by atoms with E-state index in [4.69, 9.17) is 15.2 Å². The first-order valence-electron chi connectivity index (χ1n) is 7.76. The zero-order chi connectivity index (χ0) is 15.7. The second-order valence-electron chi connectivity index (χ2n) is 5.74.